The Morgan fingerprint density at radius 2 is 1.95 bits per heavy atom. The number of para-hydroxylation sites is 1. The Kier molecular flexibility index (Phi) is 4.14. The van der Waals surface area contributed by atoms with Crippen molar-refractivity contribution in [2.75, 3.05) is 13.7 Å². The Morgan fingerprint density at radius 3 is 2.55 bits per heavy atom. The molecule has 0 bridgehead atoms. The first-order chi connectivity index (χ1) is 9.61. The smallest absolute Gasteiger partial charge is 0.363 e. The van der Waals surface area contributed by atoms with Gasteiger partial charge in [-0.05, 0) is 19.1 Å². The molecule has 0 aliphatic heterocycles. The molecule has 0 atom stereocenters. The molecular weight excluding hydrogens is 260 g/mol. The molecule has 0 aliphatic carbocycles. The average Bonchev–Trinajstić information content (AvgIpc) is 2.90. The van der Waals surface area contributed by atoms with Crippen LogP contribution in [-0.4, -0.2) is 35.2 Å². The highest BCUT2D eigenvalue weighted by molar-refractivity contribution is 5.92. The van der Waals surface area contributed by atoms with Crippen molar-refractivity contribution in [2.24, 2.45) is 0 Å². The average molecular weight is 274 g/mol. The third-order valence-corrected chi connectivity index (χ3v) is 2.52. The normalized spacial score (nSPS) is 10.1. The van der Waals surface area contributed by atoms with Crippen LogP contribution >= 0.6 is 0 Å². The van der Waals surface area contributed by atoms with Crippen molar-refractivity contribution in [3.8, 4) is 11.4 Å². The summed E-state index contributed by atoms with van der Waals surface area (Å²) in [6, 6.07) is 9.29. The van der Waals surface area contributed by atoms with Crippen molar-refractivity contribution >= 4 is 11.8 Å². The molecule has 0 saturated heterocycles. The number of carbonyl (C=O) groups excluding carboxylic acids is 2. The third-order valence-electron chi connectivity index (χ3n) is 2.52. The predicted octanol–water partition coefficient (Wildman–Crippen LogP) is 1.63. The summed E-state index contributed by atoms with van der Waals surface area (Å²) in [6.07, 6.45) is 1.58. The molecule has 1 aromatic carbocycles. The van der Waals surface area contributed by atoms with Gasteiger partial charge in [-0.3, -0.25) is 4.79 Å². The van der Waals surface area contributed by atoms with Crippen LogP contribution in [0.3, 0.4) is 0 Å². The standard InChI is InChI=1S/C14H14N2O4/c1-10(17)9-20-14(18)13-12(19-2)8-16(15-13)11-6-4-3-5-7-11/h3-8H,9H2,1-2H3. The fourth-order valence-electron chi connectivity index (χ4n) is 1.60. The third kappa shape index (κ3) is 3.03. The van der Waals surface area contributed by atoms with Crippen molar-refractivity contribution in [3.63, 3.8) is 0 Å². The summed E-state index contributed by atoms with van der Waals surface area (Å²) < 4.78 is 11.5. The second kappa shape index (κ2) is 6.01. The number of esters is 1. The highest BCUT2D eigenvalue weighted by Gasteiger charge is 2.20. The number of hydrogen-bond donors (Lipinski definition) is 0. The zero-order valence-corrected chi connectivity index (χ0v) is 11.2. The van der Waals surface area contributed by atoms with Crippen molar-refractivity contribution in [1.82, 2.24) is 9.78 Å². The Hall–Kier alpha value is -2.63. The van der Waals surface area contributed by atoms with Gasteiger partial charge in [-0.15, -0.1) is 0 Å². The van der Waals surface area contributed by atoms with Gasteiger partial charge in [0.15, 0.2) is 11.5 Å². The molecule has 2 rings (SSSR count). The van der Waals surface area contributed by atoms with E-state index >= 15 is 0 Å². The van der Waals surface area contributed by atoms with Crippen molar-refractivity contribution in [2.45, 2.75) is 6.92 Å². The van der Waals surface area contributed by atoms with E-state index in [1.54, 1.807) is 6.20 Å². The molecule has 6 nitrogen and oxygen atoms in total. The maximum absolute atomic E-state index is 11.8. The summed E-state index contributed by atoms with van der Waals surface area (Å²) in [4.78, 5) is 22.7. The second-order valence-corrected chi connectivity index (χ2v) is 4.10. The minimum atomic E-state index is -0.688. The number of carbonyl (C=O) groups is 2. The zero-order valence-electron chi connectivity index (χ0n) is 11.2. The Labute approximate surface area is 115 Å². The molecule has 0 amide bonds. The molecule has 6 heteroatoms. The SMILES string of the molecule is COc1cn(-c2ccccc2)nc1C(=O)OCC(C)=O. The first kappa shape index (κ1) is 13.8. The van der Waals surface area contributed by atoms with Gasteiger partial charge in [0.1, 0.15) is 6.61 Å². The number of aromatic nitrogens is 2. The van der Waals surface area contributed by atoms with Crippen LogP contribution in [0.4, 0.5) is 0 Å². The van der Waals surface area contributed by atoms with Gasteiger partial charge in [0.05, 0.1) is 19.0 Å². The number of benzene rings is 1. The fourth-order valence-corrected chi connectivity index (χ4v) is 1.60. The lowest BCUT2D eigenvalue weighted by molar-refractivity contribution is -0.120. The van der Waals surface area contributed by atoms with E-state index in [1.807, 2.05) is 30.3 Å². The van der Waals surface area contributed by atoms with Crippen LogP contribution in [0.25, 0.3) is 5.69 Å². The van der Waals surface area contributed by atoms with Gasteiger partial charge in [-0.25, -0.2) is 9.48 Å². The predicted molar refractivity (Wildman–Crippen MR) is 71.1 cm³/mol. The van der Waals surface area contributed by atoms with E-state index in [0.29, 0.717) is 5.75 Å². The fraction of sp³-hybridized carbons (Fsp3) is 0.214. The van der Waals surface area contributed by atoms with Crippen LogP contribution in [-0.2, 0) is 9.53 Å². The van der Waals surface area contributed by atoms with E-state index in [-0.39, 0.29) is 18.1 Å². The van der Waals surface area contributed by atoms with Gasteiger partial charge in [-0.1, -0.05) is 18.2 Å². The molecule has 2 aromatic rings. The van der Waals surface area contributed by atoms with E-state index in [0.717, 1.165) is 5.69 Å². The summed E-state index contributed by atoms with van der Waals surface area (Å²) in [5.74, 6) is -0.631. The molecule has 20 heavy (non-hydrogen) atoms. The van der Waals surface area contributed by atoms with E-state index in [1.165, 1.54) is 18.7 Å². The van der Waals surface area contributed by atoms with Crippen molar-refractivity contribution in [1.29, 1.82) is 0 Å². The van der Waals surface area contributed by atoms with Crippen LogP contribution in [0, 0.1) is 0 Å². The van der Waals surface area contributed by atoms with Gasteiger partial charge in [-0.2, -0.15) is 5.10 Å². The lowest BCUT2D eigenvalue weighted by Crippen LogP contribution is -2.13. The van der Waals surface area contributed by atoms with E-state index in [9.17, 15) is 9.59 Å². The quantitative estimate of drug-likeness (QED) is 0.775. The van der Waals surface area contributed by atoms with Crippen molar-refractivity contribution in [3.05, 3.63) is 42.2 Å². The van der Waals surface area contributed by atoms with Crippen LogP contribution in [0.15, 0.2) is 36.5 Å². The van der Waals surface area contributed by atoms with Gasteiger partial charge in [0.2, 0.25) is 5.69 Å². The summed E-state index contributed by atoms with van der Waals surface area (Å²) in [7, 11) is 1.44. The topological polar surface area (TPSA) is 70.4 Å². The largest absolute Gasteiger partial charge is 0.493 e. The van der Waals surface area contributed by atoms with Crippen LogP contribution in [0.5, 0.6) is 5.75 Å². The summed E-state index contributed by atoms with van der Waals surface area (Å²) in [5.41, 5.74) is 0.828. The Morgan fingerprint density at radius 1 is 1.25 bits per heavy atom. The molecule has 0 aliphatic rings. The van der Waals surface area contributed by atoms with E-state index < -0.39 is 5.97 Å². The molecule has 1 aromatic heterocycles. The first-order valence-corrected chi connectivity index (χ1v) is 5.97. The van der Waals surface area contributed by atoms with Crippen LogP contribution in [0.2, 0.25) is 0 Å². The number of hydrogen-bond acceptors (Lipinski definition) is 5. The van der Waals surface area contributed by atoms with Gasteiger partial charge >= 0.3 is 5.97 Å². The molecule has 0 fully saturated rings. The molecule has 0 radical (unpaired) electrons. The molecule has 0 spiro atoms. The first-order valence-electron chi connectivity index (χ1n) is 5.97. The molecule has 0 N–H and O–H groups in total. The molecule has 104 valence electrons. The van der Waals surface area contributed by atoms with Gasteiger partial charge < -0.3 is 9.47 Å². The minimum Gasteiger partial charge on any atom is -0.493 e. The Balaban J connectivity index is 2.27. The highest BCUT2D eigenvalue weighted by Crippen LogP contribution is 2.20. The lowest BCUT2D eigenvalue weighted by Gasteiger charge is -2.01. The zero-order chi connectivity index (χ0) is 14.5. The number of nitrogens with zero attached hydrogens (tertiary/aromatic N) is 2. The summed E-state index contributed by atoms with van der Waals surface area (Å²) in [5, 5.41) is 4.13. The molecular formula is C14H14N2O4. The minimum absolute atomic E-state index is 0.0394. The second-order valence-electron chi connectivity index (χ2n) is 4.10. The van der Waals surface area contributed by atoms with E-state index in [2.05, 4.69) is 5.10 Å². The van der Waals surface area contributed by atoms with Crippen LogP contribution in [0.1, 0.15) is 17.4 Å². The number of ether oxygens (including phenoxy) is 2. The lowest BCUT2D eigenvalue weighted by atomic mass is 10.3. The monoisotopic (exact) mass is 274 g/mol. The van der Waals surface area contributed by atoms with Gasteiger partial charge in [0, 0.05) is 0 Å². The molecule has 0 unspecified atom stereocenters. The molecule has 1 heterocycles. The van der Waals surface area contributed by atoms with Gasteiger partial charge in [0.25, 0.3) is 0 Å². The number of rotatable bonds is 5. The number of methoxy groups -OCH3 is 1. The maximum atomic E-state index is 11.8. The maximum Gasteiger partial charge on any atom is 0.363 e. The molecule has 0 saturated carbocycles. The Bertz CT molecular complexity index is 619. The highest BCUT2D eigenvalue weighted by atomic mass is 16.5. The summed E-state index contributed by atoms with van der Waals surface area (Å²) >= 11 is 0. The van der Waals surface area contributed by atoms with Crippen molar-refractivity contribution < 1.29 is 19.1 Å². The number of ketones is 1. The van der Waals surface area contributed by atoms with Crippen LogP contribution < -0.4 is 4.74 Å². The number of Topliss-reactive ketones (excluding diaryl/α,β-unsaturated/α-hetero) is 1. The summed E-state index contributed by atoms with van der Waals surface area (Å²) in [6.45, 7) is 1.06. The van der Waals surface area contributed by atoms with E-state index in [4.69, 9.17) is 9.47 Å².